The predicted octanol–water partition coefficient (Wildman–Crippen LogP) is -6.10. The molecule has 60 valence electrons. The Hall–Kier alpha value is 2.78. The summed E-state index contributed by atoms with van der Waals surface area (Å²) >= 11 is 0. The second kappa shape index (κ2) is 8.88. The van der Waals surface area contributed by atoms with Gasteiger partial charge in [0.25, 0.3) is 0 Å². The molecule has 7 heteroatoms. The van der Waals surface area contributed by atoms with Crippen molar-refractivity contribution in [3.8, 4) is 5.75 Å². The molecule has 0 amide bonds. The maximum Gasteiger partial charge on any atom is 1.00 e. The Balaban J connectivity index is 0. The third kappa shape index (κ3) is 9.69. The van der Waals surface area contributed by atoms with Gasteiger partial charge < -0.3 is 18.9 Å². The number of hydrogen-bond acceptors (Lipinski definition) is 4. The molecule has 0 aliphatic heterocycles. The SMILES string of the molecule is O=P([O-])([O-])Oc1ccccc1.[Rb+].[Rb+]. The van der Waals surface area contributed by atoms with Gasteiger partial charge >= 0.3 is 116 Å². The van der Waals surface area contributed by atoms with Crippen LogP contribution in [0.15, 0.2) is 30.3 Å². The summed E-state index contributed by atoms with van der Waals surface area (Å²) in [4.78, 5) is 20.1. The number of phosphoric acid groups is 1. The topological polar surface area (TPSA) is 72.4 Å². The van der Waals surface area contributed by atoms with E-state index in [9.17, 15) is 14.4 Å². The van der Waals surface area contributed by atoms with Crippen molar-refractivity contribution in [2.45, 2.75) is 0 Å². The van der Waals surface area contributed by atoms with Gasteiger partial charge in [0.2, 0.25) is 0 Å². The van der Waals surface area contributed by atoms with Crippen molar-refractivity contribution in [2.24, 2.45) is 0 Å². The monoisotopic (exact) mass is 342 g/mol. The van der Waals surface area contributed by atoms with E-state index in [2.05, 4.69) is 4.52 Å². The second-order valence-corrected chi connectivity index (χ2v) is 2.93. The molecule has 0 aliphatic carbocycles. The standard InChI is InChI=1S/C6H7O4P.2Rb/c7-11(8,9)10-6-4-2-1-3-5-6;;/h1-5H,(H2,7,8,9);;/q;2*+1/p-2. The van der Waals surface area contributed by atoms with Crippen molar-refractivity contribution < 1.29 is 135 Å². The maximum absolute atomic E-state index is 10.1. The normalized spacial score (nSPS) is 9.38. The fourth-order valence-corrected chi connectivity index (χ4v) is 0.990. The zero-order valence-corrected chi connectivity index (χ0v) is 18.2. The Labute approximate surface area is 174 Å². The van der Waals surface area contributed by atoms with Crippen molar-refractivity contribution in [3.63, 3.8) is 0 Å². The summed E-state index contributed by atoms with van der Waals surface area (Å²) in [6, 6.07) is 7.62. The Bertz CT molecular complexity index is 273. The van der Waals surface area contributed by atoms with Crippen LogP contribution in [-0.4, -0.2) is 0 Å². The van der Waals surface area contributed by atoms with Gasteiger partial charge in [0.05, 0.1) is 0 Å². The number of hydrogen-bond donors (Lipinski definition) is 0. The van der Waals surface area contributed by atoms with Gasteiger partial charge in [-0.25, -0.2) is 0 Å². The Morgan fingerprint density at radius 2 is 1.54 bits per heavy atom. The quantitative estimate of drug-likeness (QED) is 0.501. The van der Waals surface area contributed by atoms with Gasteiger partial charge in [-0.2, -0.15) is 0 Å². The van der Waals surface area contributed by atoms with E-state index in [1.54, 1.807) is 18.2 Å². The Morgan fingerprint density at radius 3 is 1.92 bits per heavy atom. The fraction of sp³-hybridized carbons (Fsp3) is 0. The van der Waals surface area contributed by atoms with Crippen LogP contribution in [0, 0.1) is 0 Å². The van der Waals surface area contributed by atoms with Crippen molar-refractivity contribution in [1.82, 2.24) is 0 Å². The van der Waals surface area contributed by atoms with Gasteiger partial charge in [-0.1, -0.05) is 18.2 Å². The largest absolute Gasteiger partial charge is 1.00 e. The number of rotatable bonds is 2. The van der Waals surface area contributed by atoms with E-state index in [4.69, 9.17) is 0 Å². The van der Waals surface area contributed by atoms with Crippen LogP contribution in [0.1, 0.15) is 0 Å². The van der Waals surface area contributed by atoms with Crippen LogP contribution in [0.25, 0.3) is 0 Å². The molecule has 0 spiro atoms. The van der Waals surface area contributed by atoms with Gasteiger partial charge in [0, 0.05) is 0 Å². The van der Waals surface area contributed by atoms with E-state index >= 15 is 0 Å². The molecule has 0 N–H and O–H groups in total. The van der Waals surface area contributed by atoms with Crippen LogP contribution >= 0.6 is 7.82 Å². The summed E-state index contributed by atoms with van der Waals surface area (Å²) in [5.74, 6) is 0.0424. The van der Waals surface area contributed by atoms with Crippen molar-refractivity contribution in [2.75, 3.05) is 0 Å². The Morgan fingerprint density at radius 1 is 1.08 bits per heavy atom. The van der Waals surface area contributed by atoms with Gasteiger partial charge in [0.15, 0.2) is 0 Å². The van der Waals surface area contributed by atoms with E-state index in [0.717, 1.165) is 0 Å². The zero-order valence-electron chi connectivity index (χ0n) is 7.47. The molecule has 1 rings (SSSR count). The van der Waals surface area contributed by atoms with E-state index in [1.165, 1.54) is 12.1 Å². The third-order valence-electron chi connectivity index (χ3n) is 0.960. The molecular formula is C6H5O4PRb2. The molecule has 1 aromatic carbocycles. The zero-order chi connectivity index (χ0) is 8.32. The van der Waals surface area contributed by atoms with Gasteiger partial charge in [-0.05, 0) is 12.1 Å². The predicted molar refractivity (Wildman–Crippen MR) is 34.7 cm³/mol. The first-order valence-electron chi connectivity index (χ1n) is 2.85. The maximum atomic E-state index is 10.1. The van der Waals surface area contributed by atoms with Gasteiger partial charge in [-0.3, -0.25) is 0 Å². The molecule has 0 aliphatic rings. The third-order valence-corrected chi connectivity index (χ3v) is 1.39. The first-order valence-corrected chi connectivity index (χ1v) is 4.31. The van der Waals surface area contributed by atoms with E-state index in [-0.39, 0.29) is 122 Å². The van der Waals surface area contributed by atoms with Crippen LogP contribution in [-0.2, 0) is 4.57 Å². The smallest absolute Gasteiger partial charge is 0.780 e. The first kappa shape index (κ1) is 18.2. The molecule has 0 saturated carbocycles. The molecule has 0 heterocycles. The summed E-state index contributed by atoms with van der Waals surface area (Å²) in [7, 11) is -4.89. The first-order chi connectivity index (χ1) is 5.08. The van der Waals surface area contributed by atoms with Crippen LogP contribution in [0.4, 0.5) is 0 Å². The van der Waals surface area contributed by atoms with Crippen LogP contribution in [0.3, 0.4) is 0 Å². The van der Waals surface area contributed by atoms with Crippen molar-refractivity contribution >= 4 is 7.82 Å². The fourth-order valence-electron chi connectivity index (χ4n) is 0.610. The minimum absolute atomic E-state index is 0. The summed E-state index contributed by atoms with van der Waals surface area (Å²) in [5.41, 5.74) is 0. The van der Waals surface area contributed by atoms with Crippen LogP contribution < -0.4 is 131 Å². The summed E-state index contributed by atoms with van der Waals surface area (Å²) < 4.78 is 14.1. The molecule has 0 saturated heterocycles. The second-order valence-electron chi connectivity index (χ2n) is 1.85. The molecule has 0 radical (unpaired) electrons. The molecule has 0 unspecified atom stereocenters. The molecular weight excluding hydrogens is 338 g/mol. The van der Waals surface area contributed by atoms with E-state index in [1.807, 2.05) is 0 Å². The molecule has 13 heavy (non-hydrogen) atoms. The van der Waals surface area contributed by atoms with Crippen molar-refractivity contribution in [3.05, 3.63) is 30.3 Å². The molecule has 0 fully saturated rings. The number of benzene rings is 1. The molecule has 1 aromatic rings. The average Bonchev–Trinajstić information content (AvgIpc) is 1.85. The van der Waals surface area contributed by atoms with Crippen molar-refractivity contribution in [1.29, 1.82) is 0 Å². The summed E-state index contributed by atoms with van der Waals surface area (Å²) in [6.45, 7) is 0. The molecule has 0 bridgehead atoms. The Kier molecular flexibility index (Phi) is 12.4. The van der Waals surface area contributed by atoms with Gasteiger partial charge in [-0.15, -0.1) is 0 Å². The van der Waals surface area contributed by atoms with E-state index < -0.39 is 7.82 Å². The number of phosphoric ester groups is 1. The van der Waals surface area contributed by atoms with Crippen LogP contribution in [0.5, 0.6) is 5.75 Å². The molecule has 4 nitrogen and oxygen atoms in total. The molecule has 0 atom stereocenters. The van der Waals surface area contributed by atoms with Crippen LogP contribution in [0.2, 0.25) is 0 Å². The minimum atomic E-state index is -4.89. The summed E-state index contributed by atoms with van der Waals surface area (Å²) in [6.07, 6.45) is 0. The average molecular weight is 343 g/mol. The van der Waals surface area contributed by atoms with E-state index in [0.29, 0.717) is 0 Å². The molecule has 0 aromatic heterocycles. The van der Waals surface area contributed by atoms with Gasteiger partial charge in [0.1, 0.15) is 13.6 Å². The summed E-state index contributed by atoms with van der Waals surface area (Å²) in [5, 5.41) is 0. The number of para-hydroxylation sites is 1. The minimum Gasteiger partial charge on any atom is -0.780 e.